The maximum Gasteiger partial charge on any atom is 0.261 e. The average Bonchev–Trinajstić information content (AvgIpc) is 2.77. The fraction of sp³-hybridized carbons (Fsp3) is 0.417. The van der Waals surface area contributed by atoms with Gasteiger partial charge < -0.3 is 19.7 Å². The maximum atomic E-state index is 13.0. The molecule has 0 aliphatic heterocycles. The fourth-order valence-electron chi connectivity index (χ4n) is 2.91. The summed E-state index contributed by atoms with van der Waals surface area (Å²) >= 11 is 0. The Hall–Kier alpha value is -3.02. The van der Waals surface area contributed by atoms with Gasteiger partial charge in [0.2, 0.25) is 5.91 Å². The van der Waals surface area contributed by atoms with E-state index in [1.165, 1.54) is 0 Å². The molecule has 0 heterocycles. The first-order valence-electron chi connectivity index (χ1n) is 10.3. The number of carbonyl (C=O) groups is 2. The lowest BCUT2D eigenvalue weighted by atomic mass is 10.1. The lowest BCUT2D eigenvalue weighted by Gasteiger charge is -2.28. The number of unbranched alkanes of at least 4 members (excludes halogenated alkanes) is 1. The third-order valence-electron chi connectivity index (χ3n) is 4.89. The molecule has 0 radical (unpaired) electrons. The number of amides is 2. The Bertz CT molecular complexity index is 803. The number of carbonyl (C=O) groups excluding carboxylic acids is 2. The van der Waals surface area contributed by atoms with Crippen LogP contribution in [0.4, 0.5) is 0 Å². The van der Waals surface area contributed by atoms with Gasteiger partial charge in [0, 0.05) is 13.1 Å². The van der Waals surface area contributed by atoms with Crippen molar-refractivity contribution >= 4 is 11.8 Å². The molecule has 0 fully saturated rings. The van der Waals surface area contributed by atoms with Gasteiger partial charge in [0.05, 0.1) is 7.11 Å². The minimum Gasteiger partial charge on any atom is -0.497 e. The predicted molar refractivity (Wildman–Crippen MR) is 118 cm³/mol. The van der Waals surface area contributed by atoms with Crippen molar-refractivity contribution in [3.8, 4) is 11.5 Å². The first-order chi connectivity index (χ1) is 14.4. The highest BCUT2D eigenvalue weighted by atomic mass is 16.5. The fourth-order valence-corrected chi connectivity index (χ4v) is 2.91. The SMILES string of the molecule is CCCCNC(=O)C(C)N(Cc1ccc(OC)cc1)C(=O)COc1ccc(C)cc1. The van der Waals surface area contributed by atoms with Crippen LogP contribution in [-0.4, -0.2) is 43.0 Å². The predicted octanol–water partition coefficient (Wildman–Crippen LogP) is 3.72. The zero-order valence-corrected chi connectivity index (χ0v) is 18.3. The summed E-state index contributed by atoms with van der Waals surface area (Å²) in [4.78, 5) is 27.1. The summed E-state index contributed by atoms with van der Waals surface area (Å²) in [5, 5.41) is 2.91. The molecule has 6 heteroatoms. The molecule has 2 rings (SSSR count). The molecule has 6 nitrogen and oxygen atoms in total. The lowest BCUT2D eigenvalue weighted by molar-refractivity contribution is -0.142. The molecule has 30 heavy (non-hydrogen) atoms. The number of methoxy groups -OCH3 is 1. The Morgan fingerprint density at radius 1 is 1.03 bits per heavy atom. The molecule has 0 aromatic heterocycles. The van der Waals surface area contributed by atoms with E-state index in [1.807, 2.05) is 55.5 Å². The van der Waals surface area contributed by atoms with Crippen molar-refractivity contribution in [1.29, 1.82) is 0 Å². The van der Waals surface area contributed by atoms with E-state index < -0.39 is 6.04 Å². The Balaban J connectivity index is 2.10. The smallest absolute Gasteiger partial charge is 0.261 e. The second-order valence-electron chi connectivity index (χ2n) is 7.29. The number of hydrogen-bond acceptors (Lipinski definition) is 4. The van der Waals surface area contributed by atoms with E-state index in [1.54, 1.807) is 18.9 Å². The topological polar surface area (TPSA) is 67.9 Å². The molecular weight excluding hydrogens is 380 g/mol. The zero-order chi connectivity index (χ0) is 21.9. The van der Waals surface area contributed by atoms with Crippen molar-refractivity contribution in [2.45, 2.75) is 46.2 Å². The summed E-state index contributed by atoms with van der Waals surface area (Å²) in [5.41, 5.74) is 2.03. The highest BCUT2D eigenvalue weighted by Gasteiger charge is 2.26. The Kier molecular flexibility index (Phi) is 9.19. The Morgan fingerprint density at radius 3 is 2.27 bits per heavy atom. The largest absolute Gasteiger partial charge is 0.497 e. The minimum atomic E-state index is -0.613. The molecule has 0 aliphatic carbocycles. The molecule has 2 aromatic carbocycles. The van der Waals surface area contributed by atoms with Crippen LogP contribution in [0.1, 0.15) is 37.8 Å². The van der Waals surface area contributed by atoms with Gasteiger partial charge in [-0.05, 0) is 50.1 Å². The number of aryl methyl sites for hydroxylation is 1. The molecular formula is C24H32N2O4. The summed E-state index contributed by atoms with van der Waals surface area (Å²) in [5.74, 6) is 0.952. The van der Waals surface area contributed by atoms with Crippen LogP contribution in [0.2, 0.25) is 0 Å². The van der Waals surface area contributed by atoms with Crippen LogP contribution in [0.25, 0.3) is 0 Å². The third kappa shape index (κ3) is 7.10. The summed E-state index contributed by atoms with van der Waals surface area (Å²) in [6.07, 6.45) is 1.90. The highest BCUT2D eigenvalue weighted by molar-refractivity contribution is 5.87. The molecule has 0 aliphatic rings. The lowest BCUT2D eigenvalue weighted by Crippen LogP contribution is -2.49. The first kappa shape index (κ1) is 23.3. The molecule has 0 saturated carbocycles. The van der Waals surface area contributed by atoms with Gasteiger partial charge >= 0.3 is 0 Å². The normalized spacial score (nSPS) is 11.5. The van der Waals surface area contributed by atoms with Crippen LogP contribution in [0.3, 0.4) is 0 Å². The van der Waals surface area contributed by atoms with Crippen LogP contribution in [0.5, 0.6) is 11.5 Å². The molecule has 2 aromatic rings. The van der Waals surface area contributed by atoms with Crippen molar-refractivity contribution in [3.63, 3.8) is 0 Å². The van der Waals surface area contributed by atoms with Crippen molar-refractivity contribution in [3.05, 3.63) is 59.7 Å². The van der Waals surface area contributed by atoms with Gasteiger partial charge in [-0.15, -0.1) is 0 Å². The Morgan fingerprint density at radius 2 is 1.67 bits per heavy atom. The van der Waals surface area contributed by atoms with Gasteiger partial charge in [0.1, 0.15) is 17.5 Å². The summed E-state index contributed by atoms with van der Waals surface area (Å²) < 4.78 is 10.9. The third-order valence-corrected chi connectivity index (χ3v) is 4.89. The number of nitrogens with one attached hydrogen (secondary N) is 1. The molecule has 1 unspecified atom stereocenters. The van der Waals surface area contributed by atoms with Gasteiger partial charge in [-0.1, -0.05) is 43.2 Å². The Labute approximate surface area is 179 Å². The van der Waals surface area contributed by atoms with E-state index in [4.69, 9.17) is 9.47 Å². The van der Waals surface area contributed by atoms with Gasteiger partial charge in [0.25, 0.3) is 5.91 Å². The minimum absolute atomic E-state index is 0.133. The van der Waals surface area contributed by atoms with Gasteiger partial charge in [-0.25, -0.2) is 0 Å². The van der Waals surface area contributed by atoms with Crippen LogP contribution < -0.4 is 14.8 Å². The number of hydrogen-bond donors (Lipinski definition) is 1. The van der Waals surface area contributed by atoms with Gasteiger partial charge in [0.15, 0.2) is 6.61 Å². The van der Waals surface area contributed by atoms with E-state index >= 15 is 0 Å². The highest BCUT2D eigenvalue weighted by Crippen LogP contribution is 2.16. The van der Waals surface area contributed by atoms with E-state index in [-0.39, 0.29) is 18.4 Å². The van der Waals surface area contributed by atoms with E-state index in [0.29, 0.717) is 18.8 Å². The standard InChI is InChI=1S/C24H32N2O4/c1-5-6-15-25-24(28)19(3)26(16-20-9-13-21(29-4)14-10-20)23(27)17-30-22-11-7-18(2)8-12-22/h7-14,19H,5-6,15-17H2,1-4H3,(H,25,28). The second-order valence-corrected chi connectivity index (χ2v) is 7.29. The van der Waals surface area contributed by atoms with Gasteiger partial charge in [-0.2, -0.15) is 0 Å². The van der Waals surface area contributed by atoms with E-state index in [2.05, 4.69) is 12.2 Å². The average molecular weight is 413 g/mol. The van der Waals surface area contributed by atoms with Gasteiger partial charge in [-0.3, -0.25) is 9.59 Å². The van der Waals surface area contributed by atoms with E-state index in [0.717, 1.165) is 29.7 Å². The molecule has 0 saturated heterocycles. The molecule has 2 amide bonds. The van der Waals surface area contributed by atoms with Crippen LogP contribution in [0.15, 0.2) is 48.5 Å². The van der Waals surface area contributed by atoms with Crippen molar-refractivity contribution in [1.82, 2.24) is 10.2 Å². The molecule has 0 bridgehead atoms. The zero-order valence-electron chi connectivity index (χ0n) is 18.3. The maximum absolute atomic E-state index is 13.0. The van der Waals surface area contributed by atoms with Crippen molar-refractivity contribution in [2.24, 2.45) is 0 Å². The molecule has 0 spiro atoms. The van der Waals surface area contributed by atoms with Crippen LogP contribution in [-0.2, 0) is 16.1 Å². The number of rotatable bonds is 11. The summed E-state index contributed by atoms with van der Waals surface area (Å²) in [6, 6.07) is 14.4. The summed E-state index contributed by atoms with van der Waals surface area (Å²) in [6.45, 7) is 6.58. The number of nitrogens with zero attached hydrogens (tertiary/aromatic N) is 1. The summed E-state index contributed by atoms with van der Waals surface area (Å²) in [7, 11) is 1.61. The molecule has 162 valence electrons. The van der Waals surface area contributed by atoms with E-state index in [9.17, 15) is 9.59 Å². The van der Waals surface area contributed by atoms with Crippen LogP contribution >= 0.6 is 0 Å². The number of benzene rings is 2. The van der Waals surface area contributed by atoms with Crippen LogP contribution in [0, 0.1) is 6.92 Å². The molecule has 1 atom stereocenters. The first-order valence-corrected chi connectivity index (χ1v) is 10.3. The quantitative estimate of drug-likeness (QED) is 0.571. The second kappa shape index (κ2) is 11.9. The monoisotopic (exact) mass is 412 g/mol. The van der Waals surface area contributed by atoms with Crippen molar-refractivity contribution < 1.29 is 19.1 Å². The number of ether oxygens (including phenoxy) is 2. The molecule has 1 N–H and O–H groups in total. The van der Waals surface area contributed by atoms with Crippen molar-refractivity contribution in [2.75, 3.05) is 20.3 Å².